The maximum atomic E-state index is 12.4. The summed E-state index contributed by atoms with van der Waals surface area (Å²) in [6.07, 6.45) is 6.32. The Hall–Kier alpha value is -2.44. The van der Waals surface area contributed by atoms with Crippen molar-refractivity contribution in [3.63, 3.8) is 0 Å². The van der Waals surface area contributed by atoms with E-state index in [4.69, 9.17) is 0 Å². The van der Waals surface area contributed by atoms with Crippen molar-refractivity contribution < 1.29 is 9.90 Å². The molecule has 0 spiro atoms. The van der Waals surface area contributed by atoms with Crippen molar-refractivity contribution in [1.29, 1.82) is 0 Å². The van der Waals surface area contributed by atoms with E-state index in [1.807, 2.05) is 36.4 Å². The molecule has 2 aliphatic rings. The summed E-state index contributed by atoms with van der Waals surface area (Å²) in [7, 11) is 0. The summed E-state index contributed by atoms with van der Waals surface area (Å²) in [6, 6.07) is 16.5. The molecule has 6 heteroatoms. The molecule has 6 nitrogen and oxygen atoms in total. The molecule has 0 radical (unpaired) electrons. The van der Waals surface area contributed by atoms with Crippen LogP contribution in [-0.4, -0.2) is 52.3 Å². The predicted molar refractivity (Wildman–Crippen MR) is 112 cm³/mol. The van der Waals surface area contributed by atoms with E-state index < -0.39 is 0 Å². The Kier molecular flexibility index (Phi) is 6.42. The van der Waals surface area contributed by atoms with Gasteiger partial charge in [0, 0.05) is 43.3 Å². The zero-order valence-corrected chi connectivity index (χ0v) is 16.7. The highest BCUT2D eigenvalue weighted by atomic mass is 16.3. The van der Waals surface area contributed by atoms with Crippen LogP contribution in [0.15, 0.2) is 54.7 Å². The molecular weight excluding hydrogens is 364 g/mol. The molecule has 2 heterocycles. The molecule has 3 N–H and O–H groups in total. The lowest BCUT2D eigenvalue weighted by molar-refractivity contribution is -0.0486. The summed E-state index contributed by atoms with van der Waals surface area (Å²) in [6.45, 7) is 1.28. The Bertz CT molecular complexity index is 780. The fourth-order valence-corrected chi connectivity index (χ4v) is 4.81. The molecule has 1 aliphatic carbocycles. The zero-order chi connectivity index (χ0) is 20.1. The number of amides is 2. The van der Waals surface area contributed by atoms with Crippen molar-refractivity contribution in [2.45, 2.75) is 56.3 Å². The van der Waals surface area contributed by atoms with Crippen LogP contribution in [0.3, 0.4) is 0 Å². The number of hydrogen-bond donors (Lipinski definition) is 3. The van der Waals surface area contributed by atoms with Crippen LogP contribution in [0.5, 0.6) is 0 Å². The number of aromatic nitrogens is 1. The minimum Gasteiger partial charge on any atom is -0.395 e. The number of hydrogen-bond acceptors (Lipinski definition) is 4. The average Bonchev–Trinajstić information content (AvgIpc) is 3.25. The van der Waals surface area contributed by atoms with E-state index >= 15 is 0 Å². The van der Waals surface area contributed by atoms with E-state index in [-0.39, 0.29) is 30.6 Å². The number of rotatable bonds is 7. The van der Waals surface area contributed by atoms with Gasteiger partial charge in [-0.15, -0.1) is 0 Å². The summed E-state index contributed by atoms with van der Waals surface area (Å²) in [5.41, 5.74) is 2.17. The average molecular weight is 395 g/mol. The maximum Gasteiger partial charge on any atom is 0.315 e. The largest absolute Gasteiger partial charge is 0.395 e. The number of aliphatic hydroxyl groups excluding tert-OH is 1. The second kappa shape index (κ2) is 9.37. The highest BCUT2D eigenvalue weighted by molar-refractivity contribution is 5.74. The number of benzene rings is 1. The first kappa shape index (κ1) is 19.9. The van der Waals surface area contributed by atoms with Crippen LogP contribution in [-0.2, 0) is 6.54 Å². The molecule has 2 aromatic rings. The Morgan fingerprint density at radius 3 is 2.52 bits per heavy atom. The highest BCUT2D eigenvalue weighted by Crippen LogP contribution is 2.41. The summed E-state index contributed by atoms with van der Waals surface area (Å²) in [5.74, 6) is 0.177. The normalized spacial score (nSPS) is 24.8. The molecule has 3 atom stereocenters. The third-order valence-electron chi connectivity index (χ3n) is 6.29. The van der Waals surface area contributed by atoms with E-state index in [0.717, 1.165) is 18.5 Å². The summed E-state index contributed by atoms with van der Waals surface area (Å²) in [5, 5.41) is 16.3. The van der Waals surface area contributed by atoms with E-state index in [9.17, 15) is 9.90 Å². The number of aliphatic hydroxyl groups is 1. The Morgan fingerprint density at radius 1 is 1.07 bits per heavy atom. The number of likely N-dealkylation sites (tertiary alicyclic amines) is 1. The van der Waals surface area contributed by atoms with Crippen LogP contribution < -0.4 is 10.6 Å². The molecule has 154 valence electrons. The third-order valence-corrected chi connectivity index (χ3v) is 6.29. The minimum absolute atomic E-state index is 0.0177. The second-order valence-electron chi connectivity index (χ2n) is 8.08. The summed E-state index contributed by atoms with van der Waals surface area (Å²) >= 11 is 0. The van der Waals surface area contributed by atoms with Crippen molar-refractivity contribution in [1.82, 2.24) is 20.5 Å². The van der Waals surface area contributed by atoms with Gasteiger partial charge in [0.2, 0.25) is 0 Å². The van der Waals surface area contributed by atoms with Crippen LogP contribution in [0.1, 0.15) is 42.9 Å². The molecule has 4 rings (SSSR count). The molecule has 0 unspecified atom stereocenters. The first-order valence-corrected chi connectivity index (χ1v) is 10.6. The highest BCUT2D eigenvalue weighted by Gasteiger charge is 2.48. The van der Waals surface area contributed by atoms with Crippen molar-refractivity contribution >= 4 is 6.03 Å². The van der Waals surface area contributed by atoms with E-state index in [2.05, 4.69) is 32.7 Å². The van der Waals surface area contributed by atoms with E-state index in [1.54, 1.807) is 6.20 Å². The number of carbonyl (C=O) groups is 1. The van der Waals surface area contributed by atoms with Gasteiger partial charge in [0.15, 0.2) is 0 Å². The first-order valence-electron chi connectivity index (χ1n) is 10.6. The number of pyridine rings is 1. The van der Waals surface area contributed by atoms with Crippen molar-refractivity contribution in [3.05, 3.63) is 66.0 Å². The molecule has 2 amide bonds. The first-order chi connectivity index (χ1) is 14.3. The van der Waals surface area contributed by atoms with E-state index in [1.165, 1.54) is 18.4 Å². The predicted octanol–water partition coefficient (Wildman–Crippen LogP) is 2.65. The van der Waals surface area contributed by atoms with Gasteiger partial charge >= 0.3 is 6.03 Å². The number of nitrogens with one attached hydrogen (secondary N) is 2. The smallest absolute Gasteiger partial charge is 0.315 e. The van der Waals surface area contributed by atoms with Gasteiger partial charge in [0.05, 0.1) is 12.3 Å². The molecule has 1 aromatic heterocycles. The third kappa shape index (κ3) is 4.60. The minimum atomic E-state index is -0.0889. The lowest BCUT2D eigenvalue weighted by atomic mass is 9.75. The van der Waals surface area contributed by atoms with Gasteiger partial charge in [-0.25, -0.2) is 4.79 Å². The topological polar surface area (TPSA) is 77.5 Å². The van der Waals surface area contributed by atoms with Gasteiger partial charge < -0.3 is 15.7 Å². The summed E-state index contributed by atoms with van der Waals surface area (Å²) in [4.78, 5) is 19.1. The Balaban J connectivity index is 1.46. The van der Waals surface area contributed by atoms with Gasteiger partial charge in [-0.05, 0) is 30.5 Å². The van der Waals surface area contributed by atoms with Crippen molar-refractivity contribution in [2.75, 3.05) is 13.2 Å². The number of nitrogens with zero attached hydrogens (tertiary/aromatic N) is 2. The van der Waals surface area contributed by atoms with Crippen LogP contribution in [0.2, 0.25) is 0 Å². The molecule has 1 saturated carbocycles. The molecular formula is C23H30N4O2. The molecule has 2 fully saturated rings. The SMILES string of the molecule is O=C(NC[C@H]1[C@@H](c2ccccc2)[C@@H](CO)N1Cc1ccccn1)NC1CCCC1. The quantitative estimate of drug-likeness (QED) is 0.675. The molecule has 1 saturated heterocycles. The molecule has 29 heavy (non-hydrogen) atoms. The second-order valence-corrected chi connectivity index (χ2v) is 8.08. The molecule has 0 bridgehead atoms. The van der Waals surface area contributed by atoms with Crippen LogP contribution in [0, 0.1) is 0 Å². The van der Waals surface area contributed by atoms with Gasteiger partial charge in [0.1, 0.15) is 0 Å². The number of urea groups is 1. The van der Waals surface area contributed by atoms with Crippen LogP contribution >= 0.6 is 0 Å². The van der Waals surface area contributed by atoms with Crippen LogP contribution in [0.4, 0.5) is 4.79 Å². The maximum absolute atomic E-state index is 12.4. The molecule has 1 aliphatic heterocycles. The lowest BCUT2D eigenvalue weighted by Gasteiger charge is -2.55. The zero-order valence-electron chi connectivity index (χ0n) is 16.7. The van der Waals surface area contributed by atoms with E-state index in [0.29, 0.717) is 19.1 Å². The van der Waals surface area contributed by atoms with Gasteiger partial charge in [-0.3, -0.25) is 9.88 Å². The van der Waals surface area contributed by atoms with Gasteiger partial charge in [0.25, 0.3) is 0 Å². The monoisotopic (exact) mass is 394 g/mol. The fourth-order valence-electron chi connectivity index (χ4n) is 4.81. The van der Waals surface area contributed by atoms with Crippen LogP contribution in [0.25, 0.3) is 0 Å². The van der Waals surface area contributed by atoms with Gasteiger partial charge in [-0.1, -0.05) is 49.2 Å². The Morgan fingerprint density at radius 2 is 1.83 bits per heavy atom. The standard InChI is InChI=1S/C23H30N4O2/c28-16-21-22(17-8-2-1-3-9-17)20(27(21)15-19-12-6-7-13-24-19)14-25-23(29)26-18-10-4-5-11-18/h1-3,6-9,12-13,18,20-22,28H,4-5,10-11,14-16H2,(H2,25,26,29)/t20-,21+,22+/m0/s1. The fraction of sp³-hybridized carbons (Fsp3) is 0.478. The Labute approximate surface area is 172 Å². The van der Waals surface area contributed by atoms with Gasteiger partial charge in [-0.2, -0.15) is 0 Å². The molecule has 1 aromatic carbocycles. The lowest BCUT2D eigenvalue weighted by Crippen LogP contribution is -2.66. The van der Waals surface area contributed by atoms with Crippen molar-refractivity contribution in [2.24, 2.45) is 0 Å². The van der Waals surface area contributed by atoms with Crippen molar-refractivity contribution in [3.8, 4) is 0 Å². The number of carbonyl (C=O) groups excluding carboxylic acids is 1. The summed E-state index contributed by atoms with van der Waals surface area (Å²) < 4.78 is 0.